The molecular weight excluding hydrogens is 314 g/mol. The monoisotopic (exact) mass is 329 g/mol. The number of amides is 2. The second kappa shape index (κ2) is 6.21. The zero-order valence-corrected chi connectivity index (χ0v) is 12.9. The summed E-state index contributed by atoms with van der Waals surface area (Å²) in [4.78, 5) is 39.2. The van der Waals surface area contributed by atoms with Gasteiger partial charge in [0.05, 0.1) is 24.8 Å². The maximum atomic E-state index is 12.1. The van der Waals surface area contributed by atoms with E-state index in [9.17, 15) is 14.4 Å². The number of ether oxygens (including phenoxy) is 1. The number of carbonyl (C=O) groups is 3. The van der Waals surface area contributed by atoms with Crippen LogP contribution in [0.2, 0.25) is 0 Å². The number of anilines is 1. The third-order valence-corrected chi connectivity index (χ3v) is 4.13. The van der Waals surface area contributed by atoms with E-state index in [4.69, 9.17) is 10.3 Å². The predicted molar refractivity (Wildman–Crippen MR) is 83.7 cm³/mol. The van der Waals surface area contributed by atoms with Crippen LogP contribution in [-0.4, -0.2) is 43.0 Å². The number of azide groups is 1. The lowest BCUT2D eigenvalue weighted by molar-refractivity contribution is -0.119. The van der Waals surface area contributed by atoms with Crippen molar-refractivity contribution in [2.75, 3.05) is 18.0 Å². The van der Waals surface area contributed by atoms with Crippen molar-refractivity contribution in [2.24, 2.45) is 5.11 Å². The summed E-state index contributed by atoms with van der Waals surface area (Å²) in [6.07, 6.45) is -0.355. The highest BCUT2D eigenvalue weighted by molar-refractivity contribution is 6.00. The summed E-state index contributed by atoms with van der Waals surface area (Å²) in [6.45, 7) is 1.41. The van der Waals surface area contributed by atoms with Crippen LogP contribution in [0, 0.1) is 0 Å². The number of fused-ring (bicyclic) bond motifs is 3. The molecule has 2 heterocycles. The van der Waals surface area contributed by atoms with Crippen LogP contribution in [0.4, 0.5) is 10.5 Å². The number of hydrogen-bond donors (Lipinski definition) is 1. The van der Waals surface area contributed by atoms with Crippen LogP contribution in [0.3, 0.4) is 0 Å². The van der Waals surface area contributed by atoms with Gasteiger partial charge < -0.3 is 10.1 Å². The van der Waals surface area contributed by atoms with Gasteiger partial charge in [0.1, 0.15) is 6.10 Å². The molecule has 1 saturated heterocycles. The third-order valence-electron chi connectivity index (χ3n) is 4.13. The van der Waals surface area contributed by atoms with Gasteiger partial charge in [-0.1, -0.05) is 5.11 Å². The van der Waals surface area contributed by atoms with Crippen LogP contribution in [0.15, 0.2) is 23.3 Å². The Bertz CT molecular complexity index is 771. The van der Waals surface area contributed by atoms with Gasteiger partial charge in [0, 0.05) is 17.4 Å². The van der Waals surface area contributed by atoms with Gasteiger partial charge in [-0.2, -0.15) is 0 Å². The lowest BCUT2D eigenvalue weighted by atomic mass is 10.0. The van der Waals surface area contributed by atoms with Crippen LogP contribution in [0.1, 0.15) is 22.8 Å². The van der Waals surface area contributed by atoms with E-state index in [0.717, 1.165) is 5.56 Å². The summed E-state index contributed by atoms with van der Waals surface area (Å²) < 4.78 is 5.32. The average Bonchev–Trinajstić information content (AvgIpc) is 3.07. The summed E-state index contributed by atoms with van der Waals surface area (Å²) in [5.74, 6) is -0.467. The fourth-order valence-electron chi connectivity index (χ4n) is 3.06. The quantitative estimate of drug-likeness (QED) is 0.381. The molecule has 9 nitrogen and oxygen atoms in total. The topological polar surface area (TPSA) is 124 Å². The number of carbonyl (C=O) groups excluding carboxylic acids is 3. The van der Waals surface area contributed by atoms with Crippen molar-refractivity contribution in [1.82, 2.24) is 5.32 Å². The van der Waals surface area contributed by atoms with Crippen molar-refractivity contribution in [2.45, 2.75) is 25.5 Å². The Kier molecular flexibility index (Phi) is 4.09. The third kappa shape index (κ3) is 2.77. The highest BCUT2D eigenvalue weighted by atomic mass is 16.6. The number of nitrogens with zero attached hydrogens (tertiary/aromatic N) is 4. The molecule has 3 rings (SSSR count). The van der Waals surface area contributed by atoms with E-state index in [2.05, 4.69) is 15.3 Å². The molecule has 2 aliphatic heterocycles. The predicted octanol–water partition coefficient (Wildman–Crippen LogP) is 1.57. The van der Waals surface area contributed by atoms with E-state index in [1.807, 2.05) is 0 Å². The van der Waals surface area contributed by atoms with Gasteiger partial charge >= 0.3 is 6.09 Å². The van der Waals surface area contributed by atoms with Crippen LogP contribution in [0.25, 0.3) is 10.4 Å². The van der Waals surface area contributed by atoms with E-state index in [0.29, 0.717) is 17.7 Å². The first-order valence-corrected chi connectivity index (χ1v) is 7.42. The van der Waals surface area contributed by atoms with Crippen molar-refractivity contribution < 1.29 is 19.1 Å². The first-order valence-electron chi connectivity index (χ1n) is 7.42. The van der Waals surface area contributed by atoms with E-state index in [-0.39, 0.29) is 30.8 Å². The molecule has 124 valence electrons. The molecule has 0 radical (unpaired) electrons. The van der Waals surface area contributed by atoms with Crippen molar-refractivity contribution in [1.29, 1.82) is 0 Å². The summed E-state index contributed by atoms with van der Waals surface area (Å²) in [5.41, 5.74) is 10.3. The Morgan fingerprint density at radius 3 is 3.00 bits per heavy atom. The summed E-state index contributed by atoms with van der Waals surface area (Å²) in [6, 6.07) is 4.80. The molecule has 9 heteroatoms. The molecule has 0 spiro atoms. The van der Waals surface area contributed by atoms with E-state index >= 15 is 0 Å². The average molecular weight is 329 g/mol. The van der Waals surface area contributed by atoms with Gasteiger partial charge in [0.15, 0.2) is 5.78 Å². The molecule has 2 atom stereocenters. The summed E-state index contributed by atoms with van der Waals surface area (Å²) in [5, 5.41) is 5.93. The van der Waals surface area contributed by atoms with Crippen LogP contribution >= 0.6 is 0 Å². The molecule has 1 N–H and O–H groups in total. The Balaban J connectivity index is 1.81. The van der Waals surface area contributed by atoms with Crippen molar-refractivity contribution in [3.63, 3.8) is 0 Å². The number of ketones is 1. The number of nitrogens with one attached hydrogen (secondary N) is 1. The van der Waals surface area contributed by atoms with E-state index in [1.54, 1.807) is 23.1 Å². The molecule has 2 aliphatic rings. The minimum atomic E-state index is -0.456. The molecule has 2 amide bonds. The lowest BCUT2D eigenvalue weighted by Crippen LogP contribution is -2.40. The summed E-state index contributed by atoms with van der Waals surface area (Å²) in [7, 11) is 0. The molecule has 0 saturated carbocycles. The van der Waals surface area contributed by atoms with Crippen molar-refractivity contribution in [3.8, 4) is 0 Å². The number of cyclic esters (lactones) is 1. The summed E-state index contributed by atoms with van der Waals surface area (Å²) >= 11 is 0. The second-order valence-electron chi connectivity index (χ2n) is 5.66. The molecule has 0 aromatic heterocycles. The highest BCUT2D eigenvalue weighted by Crippen LogP contribution is 2.39. The van der Waals surface area contributed by atoms with Gasteiger partial charge in [-0.15, -0.1) is 0 Å². The lowest BCUT2D eigenvalue weighted by Gasteiger charge is -2.16. The molecule has 24 heavy (non-hydrogen) atoms. The first-order chi connectivity index (χ1) is 11.5. The number of rotatable bonds is 5. The van der Waals surface area contributed by atoms with Gasteiger partial charge in [-0.3, -0.25) is 14.5 Å². The molecule has 1 aromatic rings. The largest absolute Gasteiger partial charge is 0.442 e. The molecular formula is C15H15N5O4. The Hall–Kier alpha value is -3.06. The maximum absolute atomic E-state index is 12.1. The van der Waals surface area contributed by atoms with E-state index < -0.39 is 12.2 Å². The molecule has 1 aromatic carbocycles. The second-order valence-corrected chi connectivity index (χ2v) is 5.66. The van der Waals surface area contributed by atoms with Crippen molar-refractivity contribution >= 4 is 23.5 Å². The maximum Gasteiger partial charge on any atom is 0.415 e. The van der Waals surface area contributed by atoms with Gasteiger partial charge in [0.2, 0.25) is 5.91 Å². The fourth-order valence-corrected chi connectivity index (χ4v) is 3.06. The molecule has 0 aliphatic carbocycles. The number of Topliss-reactive ketones (excluding diaryl/α,β-unsaturated/α-hetero) is 1. The van der Waals surface area contributed by atoms with Crippen LogP contribution in [-0.2, 0) is 16.0 Å². The zero-order chi connectivity index (χ0) is 17.3. The van der Waals surface area contributed by atoms with Gasteiger partial charge in [-0.25, -0.2) is 4.79 Å². The molecule has 0 bridgehead atoms. The van der Waals surface area contributed by atoms with Crippen molar-refractivity contribution in [3.05, 3.63) is 39.8 Å². The Morgan fingerprint density at radius 1 is 1.50 bits per heavy atom. The first kappa shape index (κ1) is 15.8. The minimum absolute atomic E-state index is 0.189. The standard InChI is InChI=1S/C15H15N5O4/c1-8(21)17-7-14-12-5-10-4-9(13(22)6-18-19-16)2-3-11(10)20(12)15(23)24-14/h2-4,12,14H,5-7H2,1H3,(H,17,21). The SMILES string of the molecule is CC(=O)NCC1OC(=O)N2c3ccc(C(=O)CN=[N+]=[N-])cc3CC12. The van der Waals surface area contributed by atoms with Gasteiger partial charge in [-0.05, 0) is 35.7 Å². The number of hydrogen-bond acceptors (Lipinski definition) is 5. The Labute approximate surface area is 137 Å². The molecule has 2 unspecified atom stereocenters. The van der Waals surface area contributed by atoms with Crippen LogP contribution < -0.4 is 10.2 Å². The highest BCUT2D eigenvalue weighted by Gasteiger charge is 2.47. The van der Waals surface area contributed by atoms with Gasteiger partial charge in [0.25, 0.3) is 0 Å². The smallest absolute Gasteiger partial charge is 0.415 e. The zero-order valence-electron chi connectivity index (χ0n) is 12.9. The normalized spacial score (nSPS) is 20.7. The van der Waals surface area contributed by atoms with E-state index in [1.165, 1.54) is 6.92 Å². The number of benzene rings is 1. The fraction of sp³-hybridized carbons (Fsp3) is 0.400. The molecule has 1 fully saturated rings. The van der Waals surface area contributed by atoms with Crippen LogP contribution in [0.5, 0.6) is 0 Å². The minimum Gasteiger partial charge on any atom is -0.442 e. The Morgan fingerprint density at radius 2 is 2.29 bits per heavy atom.